The summed E-state index contributed by atoms with van der Waals surface area (Å²) < 4.78 is 0. The van der Waals surface area contributed by atoms with E-state index in [2.05, 4.69) is 13.8 Å². The Kier molecular flexibility index (Phi) is 5.05. The lowest BCUT2D eigenvalue weighted by Gasteiger charge is -2.42. The number of nitrogens with two attached hydrogens (primary N) is 1. The van der Waals surface area contributed by atoms with Crippen LogP contribution in [0.4, 0.5) is 0 Å². The molecule has 114 valence electrons. The smallest absolute Gasteiger partial charge is 0.235 e. The van der Waals surface area contributed by atoms with Crippen LogP contribution >= 0.6 is 12.2 Å². The molecule has 1 aliphatic carbocycles. The van der Waals surface area contributed by atoms with Crippen LogP contribution < -0.4 is 5.73 Å². The van der Waals surface area contributed by atoms with E-state index in [4.69, 9.17) is 18.0 Å². The maximum absolute atomic E-state index is 13.0. The fourth-order valence-electron chi connectivity index (χ4n) is 3.79. The molecule has 4 heteroatoms. The first-order chi connectivity index (χ1) is 9.47. The molecule has 0 spiro atoms. The highest BCUT2D eigenvalue weighted by Gasteiger charge is 2.45. The second-order valence-corrected chi connectivity index (χ2v) is 7.32. The van der Waals surface area contributed by atoms with E-state index in [0.717, 1.165) is 57.5 Å². The number of thiocarbonyl (C=S) groups is 1. The lowest BCUT2D eigenvalue weighted by Crippen LogP contribution is -2.53. The number of piperidine rings is 1. The molecule has 2 N–H and O–H groups in total. The molecule has 0 unspecified atom stereocenters. The summed E-state index contributed by atoms with van der Waals surface area (Å²) in [7, 11) is 0. The van der Waals surface area contributed by atoms with E-state index >= 15 is 0 Å². The summed E-state index contributed by atoms with van der Waals surface area (Å²) in [5, 5.41) is 0. The van der Waals surface area contributed by atoms with Crippen molar-refractivity contribution in [3.63, 3.8) is 0 Å². The Bertz CT molecular complexity index is 367. The van der Waals surface area contributed by atoms with Crippen molar-refractivity contribution in [3.8, 4) is 0 Å². The van der Waals surface area contributed by atoms with E-state index in [1.807, 2.05) is 4.90 Å². The van der Waals surface area contributed by atoms with Gasteiger partial charge in [0.25, 0.3) is 0 Å². The Morgan fingerprint density at radius 2 is 1.75 bits per heavy atom. The maximum atomic E-state index is 13.0. The molecule has 20 heavy (non-hydrogen) atoms. The number of hydrogen-bond acceptors (Lipinski definition) is 2. The van der Waals surface area contributed by atoms with E-state index in [1.165, 1.54) is 6.42 Å². The quantitative estimate of drug-likeness (QED) is 0.814. The standard InChI is InChI=1S/C16H28N2OS/c1-12(2)13-6-10-18(11-7-13)15(19)16(14(17)20)8-4-3-5-9-16/h12-13H,3-11H2,1-2H3,(H2,17,20). The largest absolute Gasteiger partial charge is 0.392 e. The van der Waals surface area contributed by atoms with Crippen molar-refractivity contribution >= 4 is 23.1 Å². The predicted molar refractivity (Wildman–Crippen MR) is 86.4 cm³/mol. The lowest BCUT2D eigenvalue weighted by molar-refractivity contribution is -0.141. The predicted octanol–water partition coefficient (Wildman–Crippen LogP) is 3.12. The fraction of sp³-hybridized carbons (Fsp3) is 0.875. The molecule has 0 bridgehead atoms. The number of amides is 1. The fourth-order valence-corrected chi connectivity index (χ4v) is 4.08. The van der Waals surface area contributed by atoms with Gasteiger partial charge in [0.15, 0.2) is 0 Å². The van der Waals surface area contributed by atoms with Gasteiger partial charge in [0, 0.05) is 13.1 Å². The van der Waals surface area contributed by atoms with Crippen molar-refractivity contribution in [2.75, 3.05) is 13.1 Å². The number of carbonyl (C=O) groups excluding carboxylic acids is 1. The first-order valence-electron chi connectivity index (χ1n) is 8.06. The van der Waals surface area contributed by atoms with Gasteiger partial charge >= 0.3 is 0 Å². The third-order valence-corrected chi connectivity index (χ3v) is 5.75. The van der Waals surface area contributed by atoms with Crippen molar-refractivity contribution in [1.29, 1.82) is 0 Å². The van der Waals surface area contributed by atoms with Crippen molar-refractivity contribution in [3.05, 3.63) is 0 Å². The van der Waals surface area contributed by atoms with Gasteiger partial charge in [-0.3, -0.25) is 4.79 Å². The Balaban J connectivity index is 2.04. The summed E-state index contributed by atoms with van der Waals surface area (Å²) in [5.41, 5.74) is 5.44. The van der Waals surface area contributed by atoms with Gasteiger partial charge in [0.1, 0.15) is 0 Å². The number of likely N-dealkylation sites (tertiary alicyclic amines) is 1. The van der Waals surface area contributed by atoms with E-state index in [0.29, 0.717) is 10.9 Å². The van der Waals surface area contributed by atoms with E-state index < -0.39 is 5.41 Å². The highest BCUT2D eigenvalue weighted by atomic mass is 32.1. The summed E-state index contributed by atoms with van der Waals surface area (Å²) in [5.74, 6) is 1.68. The minimum absolute atomic E-state index is 0.215. The third-order valence-electron chi connectivity index (χ3n) is 5.36. The Morgan fingerprint density at radius 1 is 1.20 bits per heavy atom. The SMILES string of the molecule is CC(C)C1CCN(C(=O)C2(C(N)=S)CCCCC2)CC1. The van der Waals surface area contributed by atoms with Crippen LogP contribution in [0.5, 0.6) is 0 Å². The van der Waals surface area contributed by atoms with Crippen molar-refractivity contribution in [2.24, 2.45) is 23.0 Å². The van der Waals surface area contributed by atoms with Crippen molar-refractivity contribution in [2.45, 2.75) is 58.8 Å². The molecular formula is C16H28N2OS. The second kappa shape index (κ2) is 6.42. The maximum Gasteiger partial charge on any atom is 0.235 e. The summed E-state index contributed by atoms with van der Waals surface area (Å²) in [6, 6.07) is 0. The van der Waals surface area contributed by atoms with Crippen LogP contribution in [-0.2, 0) is 4.79 Å². The van der Waals surface area contributed by atoms with Gasteiger partial charge in [-0.15, -0.1) is 0 Å². The average molecular weight is 296 g/mol. The molecule has 1 saturated heterocycles. The molecule has 0 radical (unpaired) electrons. The molecular weight excluding hydrogens is 268 g/mol. The normalized spacial score (nSPS) is 23.9. The number of nitrogens with zero attached hydrogens (tertiary/aromatic N) is 1. The zero-order valence-corrected chi connectivity index (χ0v) is 13.7. The number of hydrogen-bond donors (Lipinski definition) is 1. The van der Waals surface area contributed by atoms with E-state index in [-0.39, 0.29) is 5.91 Å². The third kappa shape index (κ3) is 3.00. The van der Waals surface area contributed by atoms with Crippen LogP contribution in [0.3, 0.4) is 0 Å². The monoisotopic (exact) mass is 296 g/mol. The molecule has 2 rings (SSSR count). The van der Waals surface area contributed by atoms with Crippen LogP contribution in [0, 0.1) is 17.3 Å². The van der Waals surface area contributed by atoms with Crippen LogP contribution in [0.1, 0.15) is 58.8 Å². The minimum Gasteiger partial charge on any atom is -0.392 e. The van der Waals surface area contributed by atoms with Gasteiger partial charge in [-0.25, -0.2) is 0 Å². The summed E-state index contributed by atoms with van der Waals surface area (Å²) in [6.07, 6.45) is 7.30. The van der Waals surface area contributed by atoms with Crippen LogP contribution in [0.15, 0.2) is 0 Å². The molecule has 1 saturated carbocycles. The molecule has 0 aromatic carbocycles. The van der Waals surface area contributed by atoms with E-state index in [1.54, 1.807) is 0 Å². The lowest BCUT2D eigenvalue weighted by atomic mass is 9.72. The second-order valence-electron chi connectivity index (χ2n) is 6.88. The van der Waals surface area contributed by atoms with Crippen LogP contribution in [-0.4, -0.2) is 28.9 Å². The topological polar surface area (TPSA) is 46.3 Å². The van der Waals surface area contributed by atoms with Gasteiger partial charge in [0.2, 0.25) is 5.91 Å². The molecule has 1 heterocycles. The van der Waals surface area contributed by atoms with E-state index in [9.17, 15) is 4.79 Å². The van der Waals surface area contributed by atoms with Gasteiger partial charge in [-0.2, -0.15) is 0 Å². The van der Waals surface area contributed by atoms with Crippen molar-refractivity contribution < 1.29 is 4.79 Å². The van der Waals surface area contributed by atoms with Crippen LogP contribution in [0.2, 0.25) is 0 Å². The minimum atomic E-state index is -0.530. The zero-order valence-electron chi connectivity index (χ0n) is 12.9. The Hall–Kier alpha value is -0.640. The summed E-state index contributed by atoms with van der Waals surface area (Å²) in [6.45, 7) is 6.32. The molecule has 1 amide bonds. The van der Waals surface area contributed by atoms with Gasteiger partial charge in [-0.05, 0) is 37.5 Å². The summed E-state index contributed by atoms with van der Waals surface area (Å²) >= 11 is 5.27. The summed E-state index contributed by atoms with van der Waals surface area (Å²) in [4.78, 5) is 15.4. The van der Waals surface area contributed by atoms with Gasteiger partial charge < -0.3 is 10.6 Å². The molecule has 0 aromatic heterocycles. The molecule has 1 aliphatic heterocycles. The van der Waals surface area contributed by atoms with Gasteiger partial charge in [0.05, 0.1) is 10.4 Å². The highest BCUT2D eigenvalue weighted by Crippen LogP contribution is 2.39. The number of rotatable bonds is 3. The molecule has 3 nitrogen and oxygen atoms in total. The molecule has 0 atom stereocenters. The average Bonchev–Trinajstić information content (AvgIpc) is 2.47. The highest BCUT2D eigenvalue weighted by molar-refractivity contribution is 7.80. The first kappa shape index (κ1) is 15.7. The zero-order chi connectivity index (χ0) is 14.8. The number of carbonyl (C=O) groups is 1. The Morgan fingerprint density at radius 3 is 2.20 bits per heavy atom. The molecule has 0 aromatic rings. The molecule has 2 fully saturated rings. The van der Waals surface area contributed by atoms with Gasteiger partial charge in [-0.1, -0.05) is 45.3 Å². The first-order valence-corrected chi connectivity index (χ1v) is 8.47. The Labute approximate surface area is 128 Å². The van der Waals surface area contributed by atoms with Crippen LogP contribution in [0.25, 0.3) is 0 Å². The molecule has 2 aliphatic rings. The van der Waals surface area contributed by atoms with Crippen molar-refractivity contribution in [1.82, 2.24) is 4.90 Å².